The molecule has 0 saturated carbocycles. The fourth-order valence-corrected chi connectivity index (χ4v) is 1.73. The molecule has 0 atom stereocenters. The molecule has 0 saturated heterocycles. The standard InChI is InChI=1S/C15H19N3/c1-10(2)18-15-16-8-14(9-17-15)13-6-5-11(3)12(4)7-13/h5-10H,1-4H3,(H,16,17,18). The maximum absolute atomic E-state index is 4.33. The highest BCUT2D eigenvalue weighted by atomic mass is 15.1. The third kappa shape index (κ3) is 2.86. The first kappa shape index (κ1) is 12.6. The van der Waals surface area contributed by atoms with Crippen LogP contribution in [0.2, 0.25) is 0 Å². The van der Waals surface area contributed by atoms with Crippen molar-refractivity contribution in [2.24, 2.45) is 0 Å². The van der Waals surface area contributed by atoms with E-state index in [0.29, 0.717) is 12.0 Å². The normalized spacial score (nSPS) is 10.7. The molecule has 2 aromatic rings. The average Bonchev–Trinajstić information content (AvgIpc) is 2.33. The van der Waals surface area contributed by atoms with Gasteiger partial charge in [0.1, 0.15) is 0 Å². The highest BCUT2D eigenvalue weighted by molar-refractivity contribution is 5.63. The summed E-state index contributed by atoms with van der Waals surface area (Å²) in [6, 6.07) is 6.75. The first-order valence-electron chi connectivity index (χ1n) is 6.22. The van der Waals surface area contributed by atoms with Crippen molar-refractivity contribution in [3.8, 4) is 11.1 Å². The molecule has 1 N–H and O–H groups in total. The molecule has 0 spiro atoms. The summed E-state index contributed by atoms with van der Waals surface area (Å²) in [6.07, 6.45) is 3.73. The first-order valence-corrected chi connectivity index (χ1v) is 6.22. The van der Waals surface area contributed by atoms with E-state index in [2.05, 4.69) is 61.2 Å². The van der Waals surface area contributed by atoms with Crippen LogP contribution >= 0.6 is 0 Å². The van der Waals surface area contributed by atoms with Crippen LogP contribution in [0.1, 0.15) is 25.0 Å². The molecular weight excluding hydrogens is 222 g/mol. The van der Waals surface area contributed by atoms with Gasteiger partial charge in [0.05, 0.1) is 0 Å². The molecular formula is C15H19N3. The summed E-state index contributed by atoms with van der Waals surface area (Å²) in [5.74, 6) is 0.678. The predicted molar refractivity (Wildman–Crippen MR) is 75.7 cm³/mol. The summed E-state index contributed by atoms with van der Waals surface area (Å²) in [4.78, 5) is 8.65. The molecule has 1 aromatic carbocycles. The van der Waals surface area contributed by atoms with Gasteiger partial charge in [-0.3, -0.25) is 0 Å². The summed E-state index contributed by atoms with van der Waals surface area (Å²) >= 11 is 0. The van der Waals surface area contributed by atoms with Crippen LogP contribution in [0.5, 0.6) is 0 Å². The van der Waals surface area contributed by atoms with Gasteiger partial charge in [-0.05, 0) is 44.4 Å². The lowest BCUT2D eigenvalue weighted by molar-refractivity contribution is 0.874. The van der Waals surface area contributed by atoms with Gasteiger partial charge < -0.3 is 5.32 Å². The highest BCUT2D eigenvalue weighted by Gasteiger charge is 2.02. The van der Waals surface area contributed by atoms with E-state index >= 15 is 0 Å². The smallest absolute Gasteiger partial charge is 0.222 e. The fraction of sp³-hybridized carbons (Fsp3) is 0.333. The van der Waals surface area contributed by atoms with Gasteiger partial charge in [-0.25, -0.2) is 9.97 Å². The van der Waals surface area contributed by atoms with E-state index in [-0.39, 0.29) is 0 Å². The van der Waals surface area contributed by atoms with E-state index in [0.717, 1.165) is 11.1 Å². The molecule has 94 valence electrons. The second-order valence-electron chi connectivity index (χ2n) is 4.89. The lowest BCUT2D eigenvalue weighted by Crippen LogP contribution is -2.12. The predicted octanol–water partition coefficient (Wildman–Crippen LogP) is 3.58. The number of aryl methyl sites for hydroxylation is 2. The third-order valence-electron chi connectivity index (χ3n) is 2.91. The first-order chi connectivity index (χ1) is 8.56. The summed E-state index contributed by atoms with van der Waals surface area (Å²) < 4.78 is 0. The van der Waals surface area contributed by atoms with Crippen molar-refractivity contribution in [1.82, 2.24) is 9.97 Å². The maximum atomic E-state index is 4.33. The Morgan fingerprint density at radius 3 is 2.17 bits per heavy atom. The minimum Gasteiger partial charge on any atom is -0.352 e. The van der Waals surface area contributed by atoms with Crippen molar-refractivity contribution in [1.29, 1.82) is 0 Å². The van der Waals surface area contributed by atoms with Crippen molar-refractivity contribution < 1.29 is 0 Å². The maximum Gasteiger partial charge on any atom is 0.222 e. The number of benzene rings is 1. The molecule has 3 heteroatoms. The van der Waals surface area contributed by atoms with Crippen LogP contribution in [0.4, 0.5) is 5.95 Å². The molecule has 0 aliphatic carbocycles. The summed E-state index contributed by atoms with van der Waals surface area (Å²) in [6.45, 7) is 8.38. The van der Waals surface area contributed by atoms with Crippen LogP contribution in [-0.2, 0) is 0 Å². The van der Waals surface area contributed by atoms with E-state index in [4.69, 9.17) is 0 Å². The molecule has 0 fully saturated rings. The van der Waals surface area contributed by atoms with Crippen molar-refractivity contribution in [3.63, 3.8) is 0 Å². The number of hydrogen-bond donors (Lipinski definition) is 1. The van der Waals surface area contributed by atoms with E-state index in [1.165, 1.54) is 11.1 Å². The Balaban J connectivity index is 2.25. The van der Waals surface area contributed by atoms with Crippen molar-refractivity contribution in [2.45, 2.75) is 33.7 Å². The van der Waals surface area contributed by atoms with Gasteiger partial charge in [-0.15, -0.1) is 0 Å². The zero-order valence-corrected chi connectivity index (χ0v) is 11.4. The monoisotopic (exact) mass is 241 g/mol. The molecule has 0 aliphatic heterocycles. The Morgan fingerprint density at radius 2 is 1.61 bits per heavy atom. The molecule has 0 unspecified atom stereocenters. The van der Waals surface area contributed by atoms with Gasteiger partial charge >= 0.3 is 0 Å². The van der Waals surface area contributed by atoms with Crippen LogP contribution < -0.4 is 5.32 Å². The lowest BCUT2D eigenvalue weighted by Gasteiger charge is -2.09. The molecule has 18 heavy (non-hydrogen) atoms. The van der Waals surface area contributed by atoms with Gasteiger partial charge in [0.15, 0.2) is 0 Å². The van der Waals surface area contributed by atoms with Crippen molar-refractivity contribution >= 4 is 5.95 Å². The van der Waals surface area contributed by atoms with Gasteiger partial charge in [0, 0.05) is 24.0 Å². The Morgan fingerprint density at radius 1 is 0.944 bits per heavy atom. The van der Waals surface area contributed by atoms with Gasteiger partial charge in [0.25, 0.3) is 0 Å². The highest BCUT2D eigenvalue weighted by Crippen LogP contribution is 2.21. The number of nitrogens with zero attached hydrogens (tertiary/aromatic N) is 2. The Kier molecular flexibility index (Phi) is 3.60. The number of nitrogens with one attached hydrogen (secondary N) is 1. The van der Waals surface area contributed by atoms with Crippen LogP contribution in [0, 0.1) is 13.8 Å². The van der Waals surface area contributed by atoms with Crippen LogP contribution in [0.25, 0.3) is 11.1 Å². The van der Waals surface area contributed by atoms with Gasteiger partial charge in [-0.2, -0.15) is 0 Å². The Hall–Kier alpha value is -1.90. The Bertz CT molecular complexity index is 530. The van der Waals surface area contributed by atoms with Crippen molar-refractivity contribution in [3.05, 3.63) is 41.7 Å². The van der Waals surface area contributed by atoms with Crippen molar-refractivity contribution in [2.75, 3.05) is 5.32 Å². The molecule has 1 heterocycles. The number of rotatable bonds is 3. The quantitative estimate of drug-likeness (QED) is 0.892. The van der Waals surface area contributed by atoms with Crippen LogP contribution in [-0.4, -0.2) is 16.0 Å². The van der Waals surface area contributed by atoms with Crippen LogP contribution in [0.15, 0.2) is 30.6 Å². The minimum atomic E-state index is 0.345. The zero-order chi connectivity index (χ0) is 13.1. The van der Waals surface area contributed by atoms with E-state index < -0.39 is 0 Å². The molecule has 0 bridgehead atoms. The molecule has 3 nitrogen and oxygen atoms in total. The van der Waals surface area contributed by atoms with E-state index in [1.807, 2.05) is 12.4 Å². The molecule has 0 radical (unpaired) electrons. The topological polar surface area (TPSA) is 37.8 Å². The molecule has 1 aromatic heterocycles. The number of aromatic nitrogens is 2. The average molecular weight is 241 g/mol. The Labute approximate surface area is 108 Å². The minimum absolute atomic E-state index is 0.345. The fourth-order valence-electron chi connectivity index (χ4n) is 1.73. The van der Waals surface area contributed by atoms with Crippen LogP contribution in [0.3, 0.4) is 0 Å². The van der Waals surface area contributed by atoms with E-state index in [1.54, 1.807) is 0 Å². The third-order valence-corrected chi connectivity index (χ3v) is 2.91. The molecule has 0 aliphatic rings. The SMILES string of the molecule is Cc1ccc(-c2cnc(NC(C)C)nc2)cc1C. The second kappa shape index (κ2) is 5.17. The zero-order valence-electron chi connectivity index (χ0n) is 11.4. The second-order valence-corrected chi connectivity index (χ2v) is 4.89. The number of hydrogen-bond acceptors (Lipinski definition) is 3. The summed E-state index contributed by atoms with van der Waals surface area (Å²) in [5.41, 5.74) is 4.80. The lowest BCUT2D eigenvalue weighted by atomic mass is 10.0. The summed E-state index contributed by atoms with van der Waals surface area (Å²) in [5, 5.41) is 3.18. The van der Waals surface area contributed by atoms with Gasteiger partial charge in [0.2, 0.25) is 5.95 Å². The van der Waals surface area contributed by atoms with E-state index in [9.17, 15) is 0 Å². The van der Waals surface area contributed by atoms with Gasteiger partial charge in [-0.1, -0.05) is 18.2 Å². The summed E-state index contributed by atoms with van der Waals surface area (Å²) in [7, 11) is 0. The molecule has 2 rings (SSSR count). The molecule has 0 amide bonds. The number of anilines is 1. The largest absolute Gasteiger partial charge is 0.352 e.